The van der Waals surface area contributed by atoms with Crippen LogP contribution in [0.1, 0.15) is 0 Å². The fourth-order valence-corrected chi connectivity index (χ4v) is 0.498. The summed E-state index contributed by atoms with van der Waals surface area (Å²) in [5.41, 5.74) is 0. The maximum Gasteiger partial charge on any atom is 0.359 e. The van der Waals surface area contributed by atoms with Crippen molar-refractivity contribution in [1.29, 1.82) is 0 Å². The predicted octanol–water partition coefficient (Wildman–Crippen LogP) is 1.70. The highest BCUT2D eigenvalue weighted by Crippen LogP contribution is 2.36. The van der Waals surface area contributed by atoms with Crippen molar-refractivity contribution in [2.75, 3.05) is 0 Å². The molecule has 38 valence electrons. The lowest BCUT2D eigenvalue weighted by Crippen LogP contribution is -1.63. The first kappa shape index (κ1) is 7.08. The summed E-state index contributed by atoms with van der Waals surface area (Å²) in [6.07, 6.45) is 0. The van der Waals surface area contributed by atoms with E-state index in [2.05, 4.69) is 35.8 Å². The van der Waals surface area contributed by atoms with E-state index in [0.717, 1.165) is 0 Å². The molecule has 0 saturated heterocycles. The standard InChI is InChI=1S/BrClHO3P/c1-4-6(3)5-2/h3H. The second-order valence-corrected chi connectivity index (χ2v) is 2.41. The van der Waals surface area contributed by atoms with E-state index in [-0.39, 0.29) is 0 Å². The molecule has 1 N–H and O–H groups in total. The molecule has 1 unspecified atom stereocenters. The van der Waals surface area contributed by atoms with Crippen LogP contribution in [0.25, 0.3) is 0 Å². The van der Waals surface area contributed by atoms with E-state index in [1.54, 1.807) is 0 Å². The molecule has 6 heteroatoms. The van der Waals surface area contributed by atoms with Gasteiger partial charge in [0.25, 0.3) is 0 Å². The van der Waals surface area contributed by atoms with Gasteiger partial charge in [-0.1, -0.05) is 0 Å². The highest BCUT2D eigenvalue weighted by atomic mass is 79.9. The minimum atomic E-state index is -1.89. The highest BCUT2D eigenvalue weighted by Gasteiger charge is 1.99. The van der Waals surface area contributed by atoms with Gasteiger partial charge in [-0.3, -0.25) is 0 Å². The van der Waals surface area contributed by atoms with Crippen molar-refractivity contribution in [3.63, 3.8) is 0 Å². The molecule has 0 aromatic heterocycles. The molecule has 0 saturated carbocycles. The monoisotopic (exact) mass is 194 g/mol. The van der Waals surface area contributed by atoms with E-state index in [1.807, 2.05) is 0 Å². The summed E-state index contributed by atoms with van der Waals surface area (Å²) in [5.74, 6) is 0. The second-order valence-electron chi connectivity index (χ2n) is 0.376. The molecule has 0 spiro atoms. The van der Waals surface area contributed by atoms with E-state index in [1.165, 1.54) is 0 Å². The predicted molar refractivity (Wildman–Crippen MR) is 26.1 cm³/mol. The summed E-state index contributed by atoms with van der Waals surface area (Å²) in [4.78, 5) is 8.11. The summed E-state index contributed by atoms with van der Waals surface area (Å²) in [6.45, 7) is 0. The third-order valence-corrected chi connectivity index (χ3v) is 1.45. The molecule has 0 heterocycles. The number of halogens is 2. The quantitative estimate of drug-likeness (QED) is 0.682. The molecule has 0 aromatic rings. The lowest BCUT2D eigenvalue weighted by molar-refractivity contribution is 0.429. The third-order valence-electron chi connectivity index (χ3n) is 0.118. The van der Waals surface area contributed by atoms with Crippen LogP contribution in [-0.4, -0.2) is 4.89 Å². The van der Waals surface area contributed by atoms with E-state index in [0.29, 0.717) is 0 Å². The second kappa shape index (κ2) is 4.24. The molecule has 0 aliphatic rings. The van der Waals surface area contributed by atoms with Crippen molar-refractivity contribution >= 4 is 36.7 Å². The van der Waals surface area contributed by atoms with Crippen LogP contribution < -0.4 is 0 Å². The first-order valence-corrected chi connectivity index (χ1v) is 2.96. The van der Waals surface area contributed by atoms with Crippen LogP contribution in [0.4, 0.5) is 0 Å². The molecule has 0 radical (unpaired) electrons. The van der Waals surface area contributed by atoms with E-state index < -0.39 is 8.60 Å². The van der Waals surface area contributed by atoms with Gasteiger partial charge < -0.3 is 4.89 Å². The maximum atomic E-state index is 8.11. The SMILES string of the molecule is OP(OCl)OBr. The Balaban J connectivity index is 2.75. The zero-order valence-corrected chi connectivity index (χ0v) is 5.70. The van der Waals surface area contributed by atoms with Crippen LogP contribution in [0.15, 0.2) is 0 Å². The van der Waals surface area contributed by atoms with Crippen LogP contribution in [0.2, 0.25) is 0 Å². The largest absolute Gasteiger partial charge is 0.359 e. The van der Waals surface area contributed by atoms with Crippen molar-refractivity contribution in [1.82, 2.24) is 0 Å². The molecule has 0 bridgehead atoms. The van der Waals surface area contributed by atoms with Crippen molar-refractivity contribution in [2.24, 2.45) is 0 Å². The van der Waals surface area contributed by atoms with Gasteiger partial charge in [0, 0.05) is 0 Å². The van der Waals surface area contributed by atoms with Gasteiger partial charge in [0.15, 0.2) is 0 Å². The Hall–Kier alpha value is 1.08. The maximum absolute atomic E-state index is 8.11. The molecule has 0 rings (SSSR count). The van der Waals surface area contributed by atoms with Gasteiger partial charge in [0.05, 0.1) is 11.9 Å². The smallest absolute Gasteiger partial charge is 0.327 e. The van der Waals surface area contributed by atoms with Crippen molar-refractivity contribution in [3.05, 3.63) is 0 Å². The lowest BCUT2D eigenvalue weighted by Gasteiger charge is -1.92. The van der Waals surface area contributed by atoms with Gasteiger partial charge in [-0.05, 0) is 0 Å². The summed E-state index contributed by atoms with van der Waals surface area (Å²) in [5, 5.41) is 0. The zero-order valence-electron chi connectivity index (χ0n) is 2.47. The Labute approximate surface area is 49.8 Å². The molecule has 3 nitrogen and oxygen atoms in total. The minimum Gasteiger partial charge on any atom is -0.327 e. The number of rotatable bonds is 2. The van der Waals surface area contributed by atoms with Crippen molar-refractivity contribution in [2.45, 2.75) is 0 Å². The highest BCUT2D eigenvalue weighted by molar-refractivity contribution is 9.06. The van der Waals surface area contributed by atoms with E-state index >= 15 is 0 Å². The van der Waals surface area contributed by atoms with E-state index in [9.17, 15) is 0 Å². The van der Waals surface area contributed by atoms with E-state index in [4.69, 9.17) is 4.89 Å². The number of hydrogen-bond donors (Lipinski definition) is 1. The Morgan fingerprint density at radius 3 is 2.33 bits per heavy atom. The Bertz CT molecular complexity index is 30.0. The van der Waals surface area contributed by atoms with Gasteiger partial charge in [-0.15, -0.1) is 0 Å². The van der Waals surface area contributed by atoms with Crippen LogP contribution in [0.5, 0.6) is 0 Å². The average Bonchev–Trinajstić information content (AvgIpc) is 1.65. The topological polar surface area (TPSA) is 38.7 Å². The summed E-state index contributed by atoms with van der Waals surface area (Å²) < 4.78 is 7.70. The molecule has 0 aliphatic heterocycles. The molecule has 0 fully saturated rings. The lowest BCUT2D eigenvalue weighted by atomic mass is 15.8. The average molecular weight is 195 g/mol. The van der Waals surface area contributed by atoms with Gasteiger partial charge in [0.2, 0.25) is 0 Å². The molecule has 1 atom stereocenters. The van der Waals surface area contributed by atoms with Crippen LogP contribution in [0.3, 0.4) is 0 Å². The first-order valence-electron chi connectivity index (χ1n) is 0.874. The van der Waals surface area contributed by atoms with Gasteiger partial charge in [-0.25, -0.2) is 3.62 Å². The minimum absolute atomic E-state index is 1.89. The molecular weight excluding hydrogens is 194 g/mol. The summed E-state index contributed by atoms with van der Waals surface area (Å²) >= 11 is 7.02. The number of hydrogen-bond acceptors (Lipinski definition) is 3. The Morgan fingerprint density at radius 1 is 1.83 bits per heavy atom. The van der Waals surface area contributed by atoms with Crippen LogP contribution in [0, 0.1) is 0 Å². The summed E-state index contributed by atoms with van der Waals surface area (Å²) in [7, 11) is -1.89. The molecular formula is HBrClO3P. The molecule has 0 amide bonds. The van der Waals surface area contributed by atoms with Crippen molar-refractivity contribution in [3.8, 4) is 0 Å². The zero-order chi connectivity index (χ0) is 4.99. The summed E-state index contributed by atoms with van der Waals surface area (Å²) in [6, 6.07) is 0. The normalized spacial score (nSPS) is 14.5. The van der Waals surface area contributed by atoms with Gasteiger partial charge in [0.1, 0.15) is 16.3 Å². The Morgan fingerprint density at radius 2 is 2.33 bits per heavy atom. The Kier molecular flexibility index (Phi) is 5.01. The van der Waals surface area contributed by atoms with Gasteiger partial charge in [-0.2, -0.15) is 4.08 Å². The van der Waals surface area contributed by atoms with Gasteiger partial charge >= 0.3 is 8.60 Å². The first-order chi connectivity index (χ1) is 2.81. The fraction of sp³-hybridized carbons (Fsp3) is 0. The van der Waals surface area contributed by atoms with Crippen molar-refractivity contribution < 1.29 is 12.6 Å². The molecule has 6 heavy (non-hydrogen) atoms. The fourth-order valence-electron chi connectivity index (χ4n) is 0.0106. The van der Waals surface area contributed by atoms with Crippen LogP contribution >= 0.6 is 36.7 Å². The molecule has 0 aliphatic carbocycles. The molecule has 0 aromatic carbocycles. The third kappa shape index (κ3) is 3.28. The van der Waals surface area contributed by atoms with Crippen LogP contribution in [-0.2, 0) is 7.69 Å².